The van der Waals surface area contributed by atoms with Crippen LogP contribution in [0.3, 0.4) is 0 Å². The average Bonchev–Trinajstić information content (AvgIpc) is 2.12. The molecular weight excluding hydrogens is 176 g/mol. The summed E-state index contributed by atoms with van der Waals surface area (Å²) in [5, 5.41) is 19.6. The van der Waals surface area contributed by atoms with Crippen molar-refractivity contribution in [1.29, 1.82) is 0 Å². The molecule has 1 rings (SSSR count). The van der Waals surface area contributed by atoms with E-state index in [0.717, 1.165) is 4.90 Å². The molecule has 1 aliphatic heterocycles. The molecule has 0 aromatic rings. The van der Waals surface area contributed by atoms with Crippen LogP contribution in [0.1, 0.15) is 13.8 Å². The van der Waals surface area contributed by atoms with E-state index in [1.165, 1.54) is 0 Å². The smallest absolute Gasteiger partial charge is 0.325 e. The lowest BCUT2D eigenvalue weighted by atomic mass is 10.1. The summed E-state index contributed by atoms with van der Waals surface area (Å²) in [4.78, 5) is 23.3. The Morgan fingerprint density at radius 3 is 2.31 bits per heavy atom. The number of aliphatic hydroxyl groups excluding tert-OH is 1. The molecule has 0 aromatic carbocycles. The number of nitrogens with one attached hydrogen (secondary N) is 1. The summed E-state index contributed by atoms with van der Waals surface area (Å²) in [7, 11) is 0. The van der Waals surface area contributed by atoms with E-state index in [1.807, 2.05) is 0 Å². The van der Waals surface area contributed by atoms with E-state index in [2.05, 4.69) is 5.32 Å². The van der Waals surface area contributed by atoms with Gasteiger partial charge < -0.3 is 15.5 Å². The minimum absolute atomic E-state index is 0.395. The Kier molecular flexibility index (Phi) is 2.27. The van der Waals surface area contributed by atoms with Crippen LogP contribution in [-0.2, 0) is 4.79 Å². The van der Waals surface area contributed by atoms with Crippen LogP contribution in [0.15, 0.2) is 0 Å². The third kappa shape index (κ3) is 1.78. The number of carbonyl (C=O) groups excluding carboxylic acids is 2. The third-order valence-electron chi connectivity index (χ3n) is 1.79. The lowest BCUT2D eigenvalue weighted by molar-refractivity contribution is -0.134. The van der Waals surface area contributed by atoms with Crippen LogP contribution in [0.25, 0.3) is 0 Å². The maximum atomic E-state index is 11.4. The fourth-order valence-electron chi connectivity index (χ4n) is 1.15. The van der Waals surface area contributed by atoms with Gasteiger partial charge >= 0.3 is 6.03 Å². The van der Waals surface area contributed by atoms with Crippen molar-refractivity contribution in [3.63, 3.8) is 0 Å². The summed E-state index contributed by atoms with van der Waals surface area (Å²) < 4.78 is 0. The molecule has 3 N–H and O–H groups in total. The minimum Gasteiger partial charge on any atom is -0.367 e. The van der Waals surface area contributed by atoms with Crippen LogP contribution in [0.5, 0.6) is 0 Å². The zero-order valence-corrected chi connectivity index (χ0v) is 7.44. The lowest BCUT2D eigenvalue weighted by Gasteiger charge is -2.16. The molecule has 13 heavy (non-hydrogen) atoms. The molecule has 0 saturated carbocycles. The minimum atomic E-state index is -1.69. The first-order chi connectivity index (χ1) is 5.84. The second-order valence-electron chi connectivity index (χ2n) is 3.45. The van der Waals surface area contributed by atoms with E-state index in [9.17, 15) is 9.59 Å². The van der Waals surface area contributed by atoms with Gasteiger partial charge in [-0.15, -0.1) is 0 Å². The molecule has 0 atom stereocenters. The topological polar surface area (TPSA) is 89.9 Å². The van der Waals surface area contributed by atoms with Crippen molar-refractivity contribution < 1.29 is 19.8 Å². The molecule has 3 amide bonds. The first-order valence-corrected chi connectivity index (χ1v) is 3.85. The van der Waals surface area contributed by atoms with Gasteiger partial charge in [-0.2, -0.15) is 0 Å². The predicted molar refractivity (Wildman–Crippen MR) is 42.5 cm³/mol. The van der Waals surface area contributed by atoms with Gasteiger partial charge in [0, 0.05) is 0 Å². The van der Waals surface area contributed by atoms with Gasteiger partial charge in [0.1, 0.15) is 5.54 Å². The quantitative estimate of drug-likeness (QED) is 0.368. The Morgan fingerprint density at radius 2 is 2.00 bits per heavy atom. The summed E-state index contributed by atoms with van der Waals surface area (Å²) in [6.07, 6.45) is -1.69. The highest BCUT2D eigenvalue weighted by Crippen LogP contribution is 2.16. The predicted octanol–water partition coefficient (Wildman–Crippen LogP) is -1.37. The van der Waals surface area contributed by atoms with Gasteiger partial charge in [0.05, 0.1) is 6.54 Å². The fraction of sp³-hybridized carbons (Fsp3) is 0.714. The molecule has 6 nitrogen and oxygen atoms in total. The molecule has 0 aromatic heterocycles. The Bertz CT molecular complexity index is 249. The van der Waals surface area contributed by atoms with Crippen molar-refractivity contribution in [2.24, 2.45) is 0 Å². The highest BCUT2D eigenvalue weighted by molar-refractivity contribution is 6.06. The van der Waals surface area contributed by atoms with Crippen molar-refractivity contribution in [1.82, 2.24) is 10.2 Å². The Balaban J connectivity index is 2.77. The number of imide groups is 1. The number of urea groups is 1. The summed E-state index contributed by atoms with van der Waals surface area (Å²) >= 11 is 0. The van der Waals surface area contributed by atoms with Crippen LogP contribution in [0.4, 0.5) is 4.79 Å². The third-order valence-corrected chi connectivity index (χ3v) is 1.79. The first kappa shape index (κ1) is 9.94. The molecule has 0 aliphatic carbocycles. The van der Waals surface area contributed by atoms with Crippen LogP contribution in [0, 0.1) is 0 Å². The molecule has 0 unspecified atom stereocenters. The standard InChI is InChI=1S/C7H12N2O4/c1-7(2)5(12)9(3-4(10)11)6(13)8-7/h4,10-11H,3H2,1-2H3,(H,8,13). The molecule has 0 radical (unpaired) electrons. The molecule has 0 bridgehead atoms. The lowest BCUT2D eigenvalue weighted by Crippen LogP contribution is -2.41. The second-order valence-corrected chi connectivity index (χ2v) is 3.45. The fourth-order valence-corrected chi connectivity index (χ4v) is 1.15. The molecular formula is C7H12N2O4. The Hall–Kier alpha value is -1.14. The Morgan fingerprint density at radius 1 is 1.46 bits per heavy atom. The number of carbonyl (C=O) groups is 2. The van der Waals surface area contributed by atoms with Gasteiger partial charge in [-0.05, 0) is 13.8 Å². The number of β-amino-alcohol motifs (C(OH)–C–C–N with tert-alkyl or cyclic N) is 2. The van der Waals surface area contributed by atoms with Gasteiger partial charge in [0.25, 0.3) is 5.91 Å². The summed E-state index contributed by atoms with van der Waals surface area (Å²) in [6.45, 7) is 2.71. The zero-order valence-electron chi connectivity index (χ0n) is 7.44. The van der Waals surface area contributed by atoms with E-state index < -0.39 is 30.3 Å². The van der Waals surface area contributed by atoms with E-state index >= 15 is 0 Å². The molecule has 74 valence electrons. The number of rotatable bonds is 2. The maximum Gasteiger partial charge on any atom is 0.325 e. The van der Waals surface area contributed by atoms with Gasteiger partial charge in [-0.3, -0.25) is 9.69 Å². The number of amides is 3. The summed E-state index contributed by atoms with van der Waals surface area (Å²) in [5.41, 5.74) is -0.952. The Labute approximate surface area is 75.1 Å². The number of hydrogen-bond donors (Lipinski definition) is 3. The van der Waals surface area contributed by atoms with Crippen molar-refractivity contribution in [3.05, 3.63) is 0 Å². The largest absolute Gasteiger partial charge is 0.367 e. The number of aliphatic hydroxyl groups is 2. The first-order valence-electron chi connectivity index (χ1n) is 3.85. The highest BCUT2D eigenvalue weighted by Gasteiger charge is 2.44. The van der Waals surface area contributed by atoms with E-state index in [4.69, 9.17) is 10.2 Å². The maximum absolute atomic E-state index is 11.4. The van der Waals surface area contributed by atoms with Gasteiger partial charge in [0.2, 0.25) is 0 Å². The SMILES string of the molecule is CC1(C)NC(=O)N(CC(O)O)C1=O. The summed E-state index contributed by atoms with van der Waals surface area (Å²) in [5.74, 6) is -0.453. The monoisotopic (exact) mass is 188 g/mol. The highest BCUT2D eigenvalue weighted by atomic mass is 16.5. The number of hydrogen-bond acceptors (Lipinski definition) is 4. The van der Waals surface area contributed by atoms with Crippen molar-refractivity contribution in [2.75, 3.05) is 6.54 Å². The van der Waals surface area contributed by atoms with Gasteiger partial charge in [-0.1, -0.05) is 0 Å². The second kappa shape index (κ2) is 2.97. The molecule has 6 heteroatoms. The van der Waals surface area contributed by atoms with Crippen LogP contribution >= 0.6 is 0 Å². The van der Waals surface area contributed by atoms with Crippen LogP contribution in [0.2, 0.25) is 0 Å². The molecule has 1 aliphatic rings. The zero-order chi connectivity index (χ0) is 10.2. The van der Waals surface area contributed by atoms with E-state index in [-0.39, 0.29) is 0 Å². The summed E-state index contributed by atoms with van der Waals surface area (Å²) in [6, 6.07) is -0.594. The average molecular weight is 188 g/mol. The number of nitrogens with zero attached hydrogens (tertiary/aromatic N) is 1. The van der Waals surface area contributed by atoms with Crippen LogP contribution in [-0.4, -0.2) is 45.4 Å². The van der Waals surface area contributed by atoms with Crippen LogP contribution < -0.4 is 5.32 Å². The van der Waals surface area contributed by atoms with Crippen molar-refractivity contribution >= 4 is 11.9 Å². The van der Waals surface area contributed by atoms with E-state index in [0.29, 0.717) is 0 Å². The van der Waals surface area contributed by atoms with Crippen molar-refractivity contribution in [2.45, 2.75) is 25.7 Å². The molecule has 1 fully saturated rings. The van der Waals surface area contributed by atoms with Gasteiger partial charge in [0.15, 0.2) is 6.29 Å². The molecule has 1 heterocycles. The molecule has 0 spiro atoms. The van der Waals surface area contributed by atoms with Gasteiger partial charge in [-0.25, -0.2) is 4.79 Å². The van der Waals surface area contributed by atoms with Crippen molar-refractivity contribution in [3.8, 4) is 0 Å². The van der Waals surface area contributed by atoms with E-state index in [1.54, 1.807) is 13.8 Å². The normalized spacial score (nSPS) is 21.2. The molecule has 1 saturated heterocycles.